The molecule has 1 N–H and O–H groups in total. The van der Waals surface area contributed by atoms with Crippen molar-refractivity contribution in [3.63, 3.8) is 0 Å². The minimum Gasteiger partial charge on any atom is -0.460 e. The van der Waals surface area contributed by atoms with Gasteiger partial charge in [0.05, 0.1) is 23.4 Å². The Morgan fingerprint density at radius 2 is 1.70 bits per heavy atom. The third-order valence-corrected chi connectivity index (χ3v) is 5.01. The highest BCUT2D eigenvalue weighted by molar-refractivity contribution is 14.1. The van der Waals surface area contributed by atoms with Crippen LogP contribution in [0.2, 0.25) is 0 Å². The Hall–Kier alpha value is -1.81. The zero-order valence-corrected chi connectivity index (χ0v) is 18.7. The highest BCUT2D eigenvalue weighted by atomic mass is 127. The standard InChI is InChI=1S/C22H25F3INO3/c23-22(24,25)17-8-7-9-18(16-17)27-20-11-4-3-10-19(20)21(28)30-15-14-29-13-6-2-1-5-12-26/h3-4,7-11,16,27H,1-2,5-6,12-15H2. The van der Waals surface area contributed by atoms with Crippen molar-refractivity contribution in [2.24, 2.45) is 0 Å². The van der Waals surface area contributed by atoms with Crippen molar-refractivity contribution >= 4 is 39.9 Å². The van der Waals surface area contributed by atoms with E-state index < -0.39 is 17.7 Å². The molecule has 0 bridgehead atoms. The summed E-state index contributed by atoms with van der Waals surface area (Å²) < 4.78 is 50.6. The number of ether oxygens (including phenoxy) is 2. The maximum absolute atomic E-state index is 12.9. The van der Waals surface area contributed by atoms with Crippen LogP contribution in [0.1, 0.15) is 41.6 Å². The summed E-state index contributed by atoms with van der Waals surface area (Å²) in [5.74, 6) is -0.560. The molecule has 30 heavy (non-hydrogen) atoms. The predicted octanol–water partition coefficient (Wildman–Crippen LogP) is 6.62. The second-order valence-corrected chi connectivity index (χ2v) is 7.68. The molecular weight excluding hydrogens is 510 g/mol. The van der Waals surface area contributed by atoms with Gasteiger partial charge in [0.2, 0.25) is 0 Å². The van der Waals surface area contributed by atoms with Crippen LogP contribution in [0, 0.1) is 0 Å². The molecule has 0 amide bonds. The Morgan fingerprint density at radius 3 is 2.47 bits per heavy atom. The van der Waals surface area contributed by atoms with E-state index in [4.69, 9.17) is 9.47 Å². The van der Waals surface area contributed by atoms with Crippen molar-refractivity contribution in [3.8, 4) is 0 Å². The number of carbonyl (C=O) groups is 1. The van der Waals surface area contributed by atoms with E-state index in [0.717, 1.165) is 25.0 Å². The van der Waals surface area contributed by atoms with Crippen LogP contribution in [0.5, 0.6) is 0 Å². The van der Waals surface area contributed by atoms with Gasteiger partial charge in [0.1, 0.15) is 6.61 Å². The monoisotopic (exact) mass is 535 g/mol. The number of benzene rings is 2. The number of hydrogen-bond acceptors (Lipinski definition) is 4. The van der Waals surface area contributed by atoms with Gasteiger partial charge in [0.25, 0.3) is 0 Å². The molecule has 2 rings (SSSR count). The molecule has 0 heterocycles. The number of unbranched alkanes of at least 4 members (excludes halogenated alkanes) is 3. The number of para-hydroxylation sites is 1. The van der Waals surface area contributed by atoms with Gasteiger partial charge in [-0.15, -0.1) is 0 Å². The number of hydrogen-bond donors (Lipinski definition) is 1. The fraction of sp³-hybridized carbons (Fsp3) is 0.409. The zero-order valence-electron chi connectivity index (χ0n) is 16.5. The minimum atomic E-state index is -4.44. The Kier molecular flexibility index (Phi) is 10.4. The summed E-state index contributed by atoms with van der Waals surface area (Å²) in [7, 11) is 0. The van der Waals surface area contributed by atoms with Crippen molar-refractivity contribution < 1.29 is 27.4 Å². The van der Waals surface area contributed by atoms with E-state index in [1.54, 1.807) is 24.3 Å². The van der Waals surface area contributed by atoms with Crippen molar-refractivity contribution in [1.82, 2.24) is 0 Å². The molecule has 0 radical (unpaired) electrons. The first-order valence-electron chi connectivity index (χ1n) is 9.76. The van der Waals surface area contributed by atoms with Gasteiger partial charge in [-0.2, -0.15) is 13.2 Å². The molecule has 0 saturated carbocycles. The van der Waals surface area contributed by atoms with Crippen molar-refractivity contribution in [2.75, 3.05) is 29.6 Å². The van der Waals surface area contributed by atoms with Crippen LogP contribution < -0.4 is 5.32 Å². The van der Waals surface area contributed by atoms with Crippen LogP contribution in [-0.4, -0.2) is 30.2 Å². The smallest absolute Gasteiger partial charge is 0.416 e. The lowest BCUT2D eigenvalue weighted by atomic mass is 10.1. The maximum atomic E-state index is 12.9. The SMILES string of the molecule is O=C(OCCOCCCCCCI)c1ccccc1Nc1cccc(C(F)(F)F)c1. The highest BCUT2D eigenvalue weighted by Gasteiger charge is 2.30. The Balaban J connectivity index is 1.85. The first-order chi connectivity index (χ1) is 14.4. The number of halogens is 4. The molecule has 0 aromatic heterocycles. The molecule has 0 aliphatic rings. The maximum Gasteiger partial charge on any atom is 0.416 e. The van der Waals surface area contributed by atoms with Crippen LogP contribution in [-0.2, 0) is 15.7 Å². The minimum absolute atomic E-state index is 0.116. The topological polar surface area (TPSA) is 47.6 Å². The Bertz CT molecular complexity index is 799. The van der Waals surface area contributed by atoms with E-state index in [0.29, 0.717) is 18.9 Å². The lowest BCUT2D eigenvalue weighted by Gasteiger charge is -2.13. The lowest BCUT2D eigenvalue weighted by Crippen LogP contribution is -2.13. The molecule has 0 aliphatic carbocycles. The fourth-order valence-corrected chi connectivity index (χ4v) is 3.26. The van der Waals surface area contributed by atoms with Gasteiger partial charge in [-0.05, 0) is 47.6 Å². The second-order valence-electron chi connectivity index (χ2n) is 6.60. The number of esters is 1. The van der Waals surface area contributed by atoms with E-state index in [1.807, 2.05) is 0 Å². The second kappa shape index (κ2) is 12.8. The average Bonchev–Trinajstić information content (AvgIpc) is 2.72. The van der Waals surface area contributed by atoms with Crippen molar-refractivity contribution in [3.05, 3.63) is 59.7 Å². The summed E-state index contributed by atoms with van der Waals surface area (Å²) in [5.41, 5.74) is 0.0849. The third kappa shape index (κ3) is 8.51. The molecule has 0 fully saturated rings. The quantitative estimate of drug-likeness (QED) is 0.144. The highest BCUT2D eigenvalue weighted by Crippen LogP contribution is 2.32. The van der Waals surface area contributed by atoms with Gasteiger partial charge in [-0.25, -0.2) is 4.79 Å². The summed E-state index contributed by atoms with van der Waals surface area (Å²) in [5, 5.41) is 2.87. The van der Waals surface area contributed by atoms with E-state index in [-0.39, 0.29) is 17.9 Å². The summed E-state index contributed by atoms with van der Waals surface area (Å²) in [4.78, 5) is 12.4. The van der Waals surface area contributed by atoms with Crippen molar-refractivity contribution in [1.29, 1.82) is 0 Å². The molecule has 0 spiro atoms. The first-order valence-corrected chi connectivity index (χ1v) is 11.3. The molecule has 4 nitrogen and oxygen atoms in total. The lowest BCUT2D eigenvalue weighted by molar-refractivity contribution is -0.137. The first kappa shape index (κ1) is 24.5. The summed E-state index contributed by atoms with van der Waals surface area (Å²) in [6, 6.07) is 11.3. The van der Waals surface area contributed by atoms with Crippen LogP contribution >= 0.6 is 22.6 Å². The number of rotatable bonds is 12. The van der Waals surface area contributed by atoms with Gasteiger partial charge < -0.3 is 14.8 Å². The largest absolute Gasteiger partial charge is 0.460 e. The molecule has 2 aromatic carbocycles. The fourth-order valence-electron chi connectivity index (χ4n) is 2.72. The van der Waals surface area contributed by atoms with Crippen LogP contribution in [0.4, 0.5) is 24.5 Å². The molecule has 0 unspecified atom stereocenters. The average molecular weight is 535 g/mol. The Labute approximate surface area is 188 Å². The Morgan fingerprint density at radius 1 is 0.933 bits per heavy atom. The molecule has 0 aliphatic heterocycles. The molecule has 164 valence electrons. The summed E-state index contributed by atoms with van der Waals surface area (Å²) in [6.07, 6.45) is 0.0700. The summed E-state index contributed by atoms with van der Waals surface area (Å²) >= 11 is 2.36. The van der Waals surface area contributed by atoms with Gasteiger partial charge >= 0.3 is 12.1 Å². The number of anilines is 2. The van der Waals surface area contributed by atoms with Crippen LogP contribution in [0.15, 0.2) is 48.5 Å². The van der Waals surface area contributed by atoms with Gasteiger partial charge in [-0.1, -0.05) is 53.6 Å². The van der Waals surface area contributed by atoms with Crippen LogP contribution in [0.25, 0.3) is 0 Å². The number of carbonyl (C=O) groups excluding carboxylic acids is 1. The molecule has 2 aromatic rings. The zero-order chi connectivity index (χ0) is 21.8. The number of nitrogens with one attached hydrogen (secondary N) is 1. The third-order valence-electron chi connectivity index (χ3n) is 4.25. The number of alkyl halides is 4. The van der Waals surface area contributed by atoms with Crippen LogP contribution in [0.3, 0.4) is 0 Å². The van der Waals surface area contributed by atoms with Gasteiger partial charge in [0, 0.05) is 12.3 Å². The van der Waals surface area contributed by atoms with Crippen molar-refractivity contribution in [2.45, 2.75) is 31.9 Å². The predicted molar refractivity (Wildman–Crippen MR) is 120 cm³/mol. The molecule has 0 atom stereocenters. The molecule has 0 saturated heterocycles. The molecular formula is C22H25F3INO3. The molecule has 8 heteroatoms. The van der Waals surface area contributed by atoms with Gasteiger partial charge in [-0.3, -0.25) is 0 Å². The van der Waals surface area contributed by atoms with Gasteiger partial charge in [0.15, 0.2) is 0 Å². The van der Waals surface area contributed by atoms with E-state index in [1.165, 1.54) is 29.4 Å². The normalized spacial score (nSPS) is 11.3. The van der Waals surface area contributed by atoms with E-state index in [2.05, 4.69) is 27.9 Å². The van der Waals surface area contributed by atoms with E-state index in [9.17, 15) is 18.0 Å². The summed E-state index contributed by atoms with van der Waals surface area (Å²) in [6.45, 7) is 1.05. The van der Waals surface area contributed by atoms with E-state index >= 15 is 0 Å².